The van der Waals surface area contributed by atoms with Gasteiger partial charge in [-0.2, -0.15) is 0 Å². The third-order valence-electron chi connectivity index (χ3n) is 9.93. The maximum absolute atomic E-state index is 14.4. The van der Waals surface area contributed by atoms with Gasteiger partial charge in [-0.3, -0.25) is 19.2 Å². The standard InChI is InChI=1S/C46H46N4O8/c1-57-36-21-14-32(15-22-36)26-39-44(53)49-40(27-31-12-19-35(20-13-31)34-10-6-3-7-11-34)45(54)48-38(25-18-30-8-4-2-5-9-30)43(52)50-41(46(55)56)28-33-16-23-37(24-17-33)58-29-42(51)47-39/h2-17,19-24,38-41H,18,25-29H2,1H3,(H,47,51)(H,48,54)(H,49,53)(H,50,52)(H,55,56)/t38-,39-,40+,41-/m0/s1. The summed E-state index contributed by atoms with van der Waals surface area (Å²) in [5, 5.41) is 21.3. The molecule has 2 aliphatic heterocycles. The number of ether oxygens (including phenoxy) is 2. The third-order valence-corrected chi connectivity index (χ3v) is 9.93. The van der Waals surface area contributed by atoms with E-state index in [4.69, 9.17) is 9.47 Å². The van der Waals surface area contributed by atoms with Crippen LogP contribution in [0.25, 0.3) is 11.1 Å². The van der Waals surface area contributed by atoms with Gasteiger partial charge in [0.25, 0.3) is 5.91 Å². The van der Waals surface area contributed by atoms with E-state index in [2.05, 4.69) is 21.3 Å². The molecule has 5 aromatic carbocycles. The minimum Gasteiger partial charge on any atom is -0.497 e. The lowest BCUT2D eigenvalue weighted by molar-refractivity contribution is -0.142. The molecule has 2 aliphatic rings. The Labute approximate surface area is 337 Å². The number of methoxy groups -OCH3 is 1. The van der Waals surface area contributed by atoms with E-state index in [9.17, 15) is 29.1 Å². The monoisotopic (exact) mass is 782 g/mol. The predicted octanol–water partition coefficient (Wildman–Crippen LogP) is 4.44. The summed E-state index contributed by atoms with van der Waals surface area (Å²) >= 11 is 0. The van der Waals surface area contributed by atoms with Crippen LogP contribution in [0.1, 0.15) is 28.7 Å². The molecule has 58 heavy (non-hydrogen) atoms. The van der Waals surface area contributed by atoms with Gasteiger partial charge in [-0.1, -0.05) is 109 Å². The van der Waals surface area contributed by atoms with Gasteiger partial charge in [0, 0.05) is 19.3 Å². The molecule has 0 aromatic heterocycles. The smallest absolute Gasteiger partial charge is 0.326 e. The highest BCUT2D eigenvalue weighted by Gasteiger charge is 2.32. The normalized spacial score (nSPS) is 19.2. The molecule has 0 saturated carbocycles. The lowest BCUT2D eigenvalue weighted by atomic mass is 9.98. The summed E-state index contributed by atoms with van der Waals surface area (Å²) in [6.07, 6.45) is 0.605. The van der Waals surface area contributed by atoms with Gasteiger partial charge in [-0.05, 0) is 70.5 Å². The summed E-state index contributed by atoms with van der Waals surface area (Å²) < 4.78 is 11.0. The Bertz CT molecular complexity index is 2160. The van der Waals surface area contributed by atoms with Crippen molar-refractivity contribution in [1.82, 2.24) is 21.3 Å². The van der Waals surface area contributed by atoms with Crippen molar-refractivity contribution in [1.29, 1.82) is 0 Å². The van der Waals surface area contributed by atoms with Gasteiger partial charge in [0.05, 0.1) is 7.11 Å². The Morgan fingerprint density at radius 3 is 1.76 bits per heavy atom. The molecule has 0 fully saturated rings. The number of nitrogens with one attached hydrogen (secondary N) is 4. The minimum atomic E-state index is -1.32. The topological polar surface area (TPSA) is 172 Å². The average Bonchev–Trinajstić information content (AvgIpc) is 3.24. The van der Waals surface area contributed by atoms with Crippen molar-refractivity contribution >= 4 is 29.6 Å². The molecule has 4 atom stereocenters. The second-order valence-electron chi connectivity index (χ2n) is 14.1. The molecule has 0 radical (unpaired) electrons. The highest BCUT2D eigenvalue weighted by Crippen LogP contribution is 2.21. The van der Waals surface area contributed by atoms with Gasteiger partial charge < -0.3 is 35.8 Å². The molecule has 0 unspecified atom stereocenters. The van der Waals surface area contributed by atoms with Crippen LogP contribution in [0.3, 0.4) is 0 Å². The van der Waals surface area contributed by atoms with Gasteiger partial charge in [-0.25, -0.2) is 4.79 Å². The van der Waals surface area contributed by atoms with Crippen molar-refractivity contribution in [3.8, 4) is 22.6 Å². The van der Waals surface area contributed by atoms with E-state index in [1.165, 1.54) is 0 Å². The minimum absolute atomic E-state index is 0.0394. The second-order valence-corrected chi connectivity index (χ2v) is 14.1. The number of aliphatic carboxylic acids is 1. The van der Waals surface area contributed by atoms with E-state index in [1.54, 1.807) is 55.6 Å². The number of amides is 4. The first-order valence-electron chi connectivity index (χ1n) is 19.1. The fourth-order valence-corrected chi connectivity index (χ4v) is 6.70. The molecule has 5 N–H and O–H groups in total. The average molecular weight is 783 g/mol. The lowest BCUT2D eigenvalue weighted by Gasteiger charge is -2.26. The van der Waals surface area contributed by atoms with E-state index in [-0.39, 0.29) is 25.7 Å². The highest BCUT2D eigenvalue weighted by molar-refractivity contribution is 5.95. The maximum Gasteiger partial charge on any atom is 0.326 e. The van der Waals surface area contributed by atoms with Gasteiger partial charge in [0.15, 0.2) is 6.61 Å². The summed E-state index contributed by atoms with van der Waals surface area (Å²) in [7, 11) is 1.55. The molecule has 2 bridgehead atoms. The fraction of sp³-hybridized carbons (Fsp3) is 0.239. The number of aryl methyl sites for hydroxylation is 1. The lowest BCUT2D eigenvalue weighted by Crippen LogP contribution is -2.59. The number of carboxylic acid groups (broad SMARTS) is 1. The summed E-state index contributed by atoms with van der Waals surface area (Å²) in [5.74, 6) is -2.84. The molecule has 0 saturated heterocycles. The fourth-order valence-electron chi connectivity index (χ4n) is 6.70. The molecular weight excluding hydrogens is 737 g/mol. The molecule has 12 heteroatoms. The third kappa shape index (κ3) is 11.5. The van der Waals surface area contributed by atoms with Crippen molar-refractivity contribution in [2.75, 3.05) is 13.7 Å². The number of fused-ring (bicyclic) bond motifs is 16. The van der Waals surface area contributed by atoms with Crippen molar-refractivity contribution in [3.05, 3.63) is 156 Å². The molecule has 0 spiro atoms. The quantitative estimate of drug-likeness (QED) is 0.130. The SMILES string of the molecule is COc1ccc(C[C@@H]2NC(=O)COc3ccc(cc3)C[C@@H](C(=O)O)NC(=O)[C@H](CCc3ccccc3)NC(=O)[C@@H](Cc3ccc(-c4ccccc4)cc3)NC2=O)cc1. The number of hydrogen-bond donors (Lipinski definition) is 5. The van der Waals surface area contributed by atoms with Gasteiger partial charge in [0.1, 0.15) is 35.7 Å². The van der Waals surface area contributed by atoms with Crippen LogP contribution in [0.4, 0.5) is 0 Å². The summed E-state index contributed by atoms with van der Waals surface area (Å²) in [5.41, 5.74) is 4.93. The summed E-state index contributed by atoms with van der Waals surface area (Å²) in [6, 6.07) is 35.5. The van der Waals surface area contributed by atoms with E-state index >= 15 is 0 Å². The molecule has 5 aromatic rings. The van der Waals surface area contributed by atoms with Crippen LogP contribution in [0.15, 0.2) is 133 Å². The van der Waals surface area contributed by atoms with Crippen LogP contribution in [-0.2, 0) is 49.7 Å². The van der Waals surface area contributed by atoms with Crippen molar-refractivity contribution in [3.63, 3.8) is 0 Å². The zero-order valence-corrected chi connectivity index (χ0v) is 32.1. The zero-order chi connectivity index (χ0) is 40.9. The molecule has 0 aliphatic carbocycles. The predicted molar refractivity (Wildman–Crippen MR) is 218 cm³/mol. The molecular formula is C46H46N4O8. The van der Waals surface area contributed by atoms with Gasteiger partial charge in [0.2, 0.25) is 17.7 Å². The molecule has 298 valence electrons. The largest absolute Gasteiger partial charge is 0.497 e. The van der Waals surface area contributed by atoms with Crippen LogP contribution in [-0.4, -0.2) is 72.6 Å². The number of rotatable bonds is 10. The van der Waals surface area contributed by atoms with E-state index < -0.39 is 60.4 Å². The second kappa shape index (κ2) is 19.8. The molecule has 4 amide bonds. The molecule has 2 heterocycles. The Balaban J connectivity index is 1.34. The maximum atomic E-state index is 14.4. The Hall–Kier alpha value is -6.95. The van der Waals surface area contributed by atoms with E-state index in [0.29, 0.717) is 23.5 Å². The zero-order valence-electron chi connectivity index (χ0n) is 32.1. The summed E-state index contributed by atoms with van der Waals surface area (Å²) in [6.45, 7) is -0.416. The first kappa shape index (κ1) is 40.7. The number of hydrogen-bond acceptors (Lipinski definition) is 7. The van der Waals surface area contributed by atoms with Gasteiger partial charge >= 0.3 is 5.97 Å². The van der Waals surface area contributed by atoms with E-state index in [0.717, 1.165) is 27.8 Å². The first-order valence-corrected chi connectivity index (χ1v) is 19.1. The van der Waals surface area contributed by atoms with E-state index in [1.807, 2.05) is 84.9 Å². The van der Waals surface area contributed by atoms with Crippen molar-refractivity contribution < 1.29 is 38.6 Å². The number of carboxylic acids is 1. The van der Waals surface area contributed by atoms with Crippen LogP contribution in [0, 0.1) is 0 Å². The number of carbonyl (C=O) groups is 5. The Kier molecular flexibility index (Phi) is 13.9. The molecule has 12 nitrogen and oxygen atoms in total. The Morgan fingerprint density at radius 1 is 0.621 bits per heavy atom. The van der Waals surface area contributed by atoms with Crippen LogP contribution >= 0.6 is 0 Å². The van der Waals surface area contributed by atoms with Crippen LogP contribution in [0.5, 0.6) is 11.5 Å². The highest BCUT2D eigenvalue weighted by atomic mass is 16.5. The van der Waals surface area contributed by atoms with Crippen molar-refractivity contribution in [2.24, 2.45) is 0 Å². The molecule has 7 rings (SSSR count). The van der Waals surface area contributed by atoms with Crippen LogP contribution < -0.4 is 30.7 Å². The Morgan fingerprint density at radius 2 is 1.16 bits per heavy atom. The van der Waals surface area contributed by atoms with Crippen molar-refractivity contribution in [2.45, 2.75) is 56.3 Å². The number of benzene rings is 5. The summed E-state index contributed by atoms with van der Waals surface area (Å²) in [4.78, 5) is 68.4. The number of carbonyl (C=O) groups excluding carboxylic acids is 4. The first-order chi connectivity index (χ1) is 28.1. The van der Waals surface area contributed by atoms with Gasteiger partial charge in [-0.15, -0.1) is 0 Å². The van der Waals surface area contributed by atoms with Crippen LogP contribution in [0.2, 0.25) is 0 Å².